The summed E-state index contributed by atoms with van der Waals surface area (Å²) in [6.45, 7) is 2.69. The first-order chi connectivity index (χ1) is 9.11. The van der Waals surface area contributed by atoms with Crippen LogP contribution in [0.1, 0.15) is 24.4 Å². The van der Waals surface area contributed by atoms with Gasteiger partial charge in [-0.1, -0.05) is 11.6 Å². The van der Waals surface area contributed by atoms with Crippen LogP contribution in [0.15, 0.2) is 24.5 Å². The van der Waals surface area contributed by atoms with Gasteiger partial charge in [-0.25, -0.2) is 4.98 Å². The minimum absolute atomic E-state index is 0.102. The summed E-state index contributed by atoms with van der Waals surface area (Å²) in [5, 5.41) is 8.11. The molecule has 0 saturated carbocycles. The quantitative estimate of drug-likeness (QED) is 0.913. The van der Waals surface area contributed by atoms with E-state index < -0.39 is 0 Å². The fourth-order valence-corrected chi connectivity index (χ4v) is 2.06. The van der Waals surface area contributed by atoms with Crippen molar-refractivity contribution < 1.29 is 4.74 Å². The Morgan fingerprint density at radius 2 is 2.26 bits per heavy atom. The molecule has 0 spiro atoms. The molecule has 1 heterocycles. The minimum atomic E-state index is 0.102. The van der Waals surface area contributed by atoms with Crippen molar-refractivity contribution in [1.82, 2.24) is 20.1 Å². The lowest BCUT2D eigenvalue weighted by Gasteiger charge is -2.17. The number of methoxy groups -OCH3 is 1. The van der Waals surface area contributed by atoms with Gasteiger partial charge in [0.15, 0.2) is 0 Å². The molecule has 1 aromatic carbocycles. The van der Waals surface area contributed by atoms with Crippen LogP contribution in [0.3, 0.4) is 0 Å². The topological polar surface area (TPSA) is 52.0 Å². The van der Waals surface area contributed by atoms with Crippen molar-refractivity contribution in [3.05, 3.63) is 40.9 Å². The van der Waals surface area contributed by atoms with Crippen LogP contribution in [0.25, 0.3) is 0 Å². The number of benzene rings is 1. The number of nitrogens with one attached hydrogen (secondary N) is 1. The predicted octanol–water partition coefficient (Wildman–Crippen LogP) is 2.33. The molecule has 19 heavy (non-hydrogen) atoms. The zero-order chi connectivity index (χ0) is 13.8. The number of aryl methyl sites for hydroxylation is 1. The van der Waals surface area contributed by atoms with Gasteiger partial charge in [0.25, 0.3) is 0 Å². The summed E-state index contributed by atoms with van der Waals surface area (Å²) in [7, 11) is 3.52. The first kappa shape index (κ1) is 13.8. The molecular weight excluding hydrogens is 264 g/mol. The number of halogens is 1. The summed E-state index contributed by atoms with van der Waals surface area (Å²) in [6, 6.07) is 5.71. The van der Waals surface area contributed by atoms with E-state index in [0.717, 1.165) is 17.1 Å². The van der Waals surface area contributed by atoms with E-state index in [4.69, 9.17) is 16.3 Å². The molecule has 1 N–H and O–H groups in total. The fourth-order valence-electron chi connectivity index (χ4n) is 1.88. The maximum atomic E-state index is 6.03. The Hall–Kier alpha value is -1.59. The van der Waals surface area contributed by atoms with Gasteiger partial charge < -0.3 is 10.1 Å². The van der Waals surface area contributed by atoms with Gasteiger partial charge in [-0.05, 0) is 25.1 Å². The van der Waals surface area contributed by atoms with Gasteiger partial charge in [0.1, 0.15) is 17.9 Å². The van der Waals surface area contributed by atoms with Gasteiger partial charge in [0.05, 0.1) is 13.7 Å². The van der Waals surface area contributed by atoms with E-state index in [1.54, 1.807) is 18.1 Å². The standard InChI is InChI=1S/C13H17ClN4O/c1-9(15-7-13-16-8-17-18(13)2)11-6-10(14)4-5-12(11)19-3/h4-6,8-9,15H,7H2,1-3H3/t9-/m1/s1. The van der Waals surface area contributed by atoms with Crippen LogP contribution in [-0.2, 0) is 13.6 Å². The second-order valence-electron chi connectivity index (χ2n) is 4.29. The van der Waals surface area contributed by atoms with Gasteiger partial charge in [-0.15, -0.1) is 0 Å². The van der Waals surface area contributed by atoms with Gasteiger partial charge in [0.2, 0.25) is 0 Å². The molecule has 0 radical (unpaired) electrons. The summed E-state index contributed by atoms with van der Waals surface area (Å²) in [5.74, 6) is 1.70. The van der Waals surface area contributed by atoms with Crippen LogP contribution in [0.5, 0.6) is 5.75 Å². The fraction of sp³-hybridized carbons (Fsp3) is 0.385. The van der Waals surface area contributed by atoms with Crippen LogP contribution in [0.2, 0.25) is 5.02 Å². The smallest absolute Gasteiger partial charge is 0.140 e. The molecule has 6 heteroatoms. The summed E-state index contributed by atoms with van der Waals surface area (Å²) < 4.78 is 7.10. The summed E-state index contributed by atoms with van der Waals surface area (Å²) >= 11 is 6.03. The molecule has 0 aliphatic heterocycles. The third-order valence-electron chi connectivity index (χ3n) is 3.03. The zero-order valence-corrected chi connectivity index (χ0v) is 12.0. The highest BCUT2D eigenvalue weighted by Gasteiger charge is 2.12. The Labute approximate surface area is 117 Å². The Morgan fingerprint density at radius 3 is 2.89 bits per heavy atom. The highest BCUT2D eigenvalue weighted by Crippen LogP contribution is 2.28. The van der Waals surface area contributed by atoms with Gasteiger partial charge >= 0.3 is 0 Å². The van der Waals surface area contributed by atoms with E-state index in [-0.39, 0.29) is 6.04 Å². The first-order valence-corrected chi connectivity index (χ1v) is 6.39. The van der Waals surface area contributed by atoms with Crippen LogP contribution in [0.4, 0.5) is 0 Å². The van der Waals surface area contributed by atoms with E-state index in [2.05, 4.69) is 22.3 Å². The molecule has 0 aliphatic carbocycles. The van der Waals surface area contributed by atoms with Crippen LogP contribution in [0, 0.1) is 0 Å². The van der Waals surface area contributed by atoms with Crippen molar-refractivity contribution in [3.63, 3.8) is 0 Å². The molecule has 0 saturated heterocycles. The SMILES string of the molecule is COc1ccc(Cl)cc1[C@@H](C)NCc1ncnn1C. The third kappa shape index (κ3) is 3.24. The number of hydrogen-bond acceptors (Lipinski definition) is 4. The van der Waals surface area contributed by atoms with E-state index >= 15 is 0 Å². The predicted molar refractivity (Wildman–Crippen MR) is 74.3 cm³/mol. The lowest BCUT2D eigenvalue weighted by molar-refractivity contribution is 0.400. The Bertz CT molecular complexity index is 555. The molecule has 1 aromatic heterocycles. The zero-order valence-electron chi connectivity index (χ0n) is 11.2. The number of aromatic nitrogens is 3. The molecule has 0 bridgehead atoms. The number of hydrogen-bond donors (Lipinski definition) is 1. The van der Waals surface area contributed by atoms with Crippen LogP contribution >= 0.6 is 11.6 Å². The lowest BCUT2D eigenvalue weighted by atomic mass is 10.1. The van der Waals surface area contributed by atoms with Crippen molar-refractivity contribution >= 4 is 11.6 Å². The molecule has 0 aliphatic rings. The Morgan fingerprint density at radius 1 is 1.47 bits per heavy atom. The Kier molecular flexibility index (Phi) is 4.39. The molecule has 2 aromatic rings. The maximum Gasteiger partial charge on any atom is 0.140 e. The first-order valence-electron chi connectivity index (χ1n) is 6.01. The van der Waals surface area contributed by atoms with Gasteiger partial charge in [-0.3, -0.25) is 4.68 Å². The summed E-state index contributed by atoms with van der Waals surface area (Å²) in [4.78, 5) is 4.17. The largest absolute Gasteiger partial charge is 0.496 e. The molecule has 0 amide bonds. The number of ether oxygens (including phenoxy) is 1. The van der Waals surface area contributed by atoms with Crippen molar-refractivity contribution in [2.24, 2.45) is 7.05 Å². The van der Waals surface area contributed by atoms with Crippen LogP contribution < -0.4 is 10.1 Å². The van der Waals surface area contributed by atoms with Crippen molar-refractivity contribution in [2.75, 3.05) is 7.11 Å². The molecule has 5 nitrogen and oxygen atoms in total. The molecule has 102 valence electrons. The monoisotopic (exact) mass is 280 g/mol. The minimum Gasteiger partial charge on any atom is -0.496 e. The number of nitrogens with zero attached hydrogens (tertiary/aromatic N) is 3. The average Bonchev–Trinajstić information content (AvgIpc) is 2.81. The van der Waals surface area contributed by atoms with Gasteiger partial charge in [0, 0.05) is 23.7 Å². The van der Waals surface area contributed by atoms with E-state index in [9.17, 15) is 0 Å². The number of rotatable bonds is 5. The van der Waals surface area contributed by atoms with Crippen molar-refractivity contribution in [1.29, 1.82) is 0 Å². The molecule has 0 fully saturated rings. The van der Waals surface area contributed by atoms with Crippen molar-refractivity contribution in [3.8, 4) is 5.75 Å². The third-order valence-corrected chi connectivity index (χ3v) is 3.26. The second-order valence-corrected chi connectivity index (χ2v) is 4.73. The van der Waals surface area contributed by atoms with E-state index in [1.165, 1.54) is 0 Å². The molecule has 2 rings (SSSR count). The lowest BCUT2D eigenvalue weighted by Crippen LogP contribution is -2.21. The molecular formula is C13H17ClN4O. The van der Waals surface area contributed by atoms with Gasteiger partial charge in [-0.2, -0.15) is 5.10 Å². The second kappa shape index (κ2) is 6.04. The molecule has 0 unspecified atom stereocenters. The maximum absolute atomic E-state index is 6.03. The average molecular weight is 281 g/mol. The highest BCUT2D eigenvalue weighted by molar-refractivity contribution is 6.30. The summed E-state index contributed by atoms with van der Waals surface area (Å²) in [5.41, 5.74) is 1.03. The Balaban J connectivity index is 2.09. The van der Waals surface area contributed by atoms with E-state index in [0.29, 0.717) is 11.6 Å². The summed E-state index contributed by atoms with van der Waals surface area (Å²) in [6.07, 6.45) is 1.54. The normalized spacial score (nSPS) is 12.4. The van der Waals surface area contributed by atoms with E-state index in [1.807, 2.05) is 25.2 Å². The highest BCUT2D eigenvalue weighted by atomic mass is 35.5. The molecule has 1 atom stereocenters. The van der Waals surface area contributed by atoms with Crippen molar-refractivity contribution in [2.45, 2.75) is 19.5 Å². The van der Waals surface area contributed by atoms with Crippen LogP contribution in [-0.4, -0.2) is 21.9 Å².